The van der Waals surface area contributed by atoms with E-state index in [9.17, 15) is 4.79 Å². The number of furan rings is 1. The van der Waals surface area contributed by atoms with Crippen LogP contribution in [0.2, 0.25) is 0 Å². The Morgan fingerprint density at radius 3 is 2.11 bits per heavy atom. The zero-order valence-electron chi connectivity index (χ0n) is 24.3. The van der Waals surface area contributed by atoms with Gasteiger partial charge in [0.05, 0.1) is 19.6 Å². The molecule has 0 bridgehead atoms. The first-order valence-corrected chi connectivity index (χ1v) is 14.1. The molecule has 0 radical (unpaired) electrons. The van der Waals surface area contributed by atoms with Crippen LogP contribution < -0.4 is 25.4 Å². The van der Waals surface area contributed by atoms with Crippen LogP contribution in [0.4, 0.5) is 22.0 Å². The number of nitrogens with zero attached hydrogens (tertiary/aromatic N) is 2. The number of methoxy groups -OCH3 is 2. The van der Waals surface area contributed by atoms with Gasteiger partial charge < -0.3 is 29.8 Å². The van der Waals surface area contributed by atoms with Crippen LogP contribution in [0.5, 0.6) is 11.5 Å². The van der Waals surface area contributed by atoms with Crippen molar-refractivity contribution in [1.29, 1.82) is 0 Å². The first kappa shape index (κ1) is 28.3. The van der Waals surface area contributed by atoms with Gasteiger partial charge in [-0.1, -0.05) is 72.8 Å². The van der Waals surface area contributed by atoms with E-state index < -0.39 is 0 Å². The van der Waals surface area contributed by atoms with Gasteiger partial charge in [0, 0.05) is 35.1 Å². The van der Waals surface area contributed by atoms with E-state index in [-0.39, 0.29) is 6.03 Å². The van der Waals surface area contributed by atoms with Gasteiger partial charge in [-0.25, -0.2) is 14.8 Å². The van der Waals surface area contributed by atoms with E-state index in [0.717, 1.165) is 39.8 Å². The average Bonchev–Trinajstić information content (AvgIpc) is 3.47. The number of anilines is 3. The first-order chi connectivity index (χ1) is 21.6. The molecule has 44 heavy (non-hydrogen) atoms. The summed E-state index contributed by atoms with van der Waals surface area (Å²) in [5.41, 5.74) is 5.86. The number of urea groups is 1. The van der Waals surface area contributed by atoms with Crippen molar-refractivity contribution >= 4 is 34.3 Å². The molecule has 220 valence electrons. The molecule has 0 aliphatic carbocycles. The predicted octanol–water partition coefficient (Wildman–Crippen LogP) is 7.87. The molecule has 3 N–H and O–H groups in total. The van der Waals surface area contributed by atoms with E-state index in [0.29, 0.717) is 40.9 Å². The molecule has 2 heterocycles. The summed E-state index contributed by atoms with van der Waals surface area (Å²) in [6, 6.07) is 32.8. The molecule has 0 saturated heterocycles. The number of aromatic nitrogens is 2. The molecule has 0 saturated carbocycles. The second-order valence-corrected chi connectivity index (χ2v) is 9.96. The third kappa shape index (κ3) is 6.17. The molecule has 0 aliphatic rings. The fraction of sp³-hybridized carbons (Fsp3) is 0.114. The minimum absolute atomic E-state index is 0.358. The van der Waals surface area contributed by atoms with Gasteiger partial charge >= 0.3 is 6.03 Å². The minimum Gasteiger partial charge on any atom is -0.493 e. The molecule has 0 atom stereocenters. The second kappa shape index (κ2) is 13.0. The number of fused-ring (bicyclic) bond motifs is 1. The molecule has 6 rings (SSSR count). The van der Waals surface area contributed by atoms with E-state index in [1.807, 2.05) is 72.8 Å². The van der Waals surface area contributed by atoms with Crippen molar-refractivity contribution in [3.8, 4) is 33.9 Å². The highest BCUT2D eigenvalue weighted by molar-refractivity contribution is 6.06. The Hall–Kier alpha value is -5.83. The third-order valence-electron chi connectivity index (χ3n) is 7.15. The SMILES string of the molecule is COc1ccc(NC(=O)Nc2ccc(CCNc3ncnc4oc(-c5ccccc5)c(-c5ccccc5)c34)cc2)cc1OC. The van der Waals surface area contributed by atoms with E-state index in [4.69, 9.17) is 13.9 Å². The van der Waals surface area contributed by atoms with Gasteiger partial charge in [-0.05, 0) is 41.8 Å². The molecule has 0 unspecified atom stereocenters. The zero-order chi connectivity index (χ0) is 30.3. The summed E-state index contributed by atoms with van der Waals surface area (Å²) in [5.74, 6) is 2.59. The summed E-state index contributed by atoms with van der Waals surface area (Å²) in [5, 5.41) is 10.0. The molecule has 0 spiro atoms. The molecule has 0 aliphatic heterocycles. The van der Waals surface area contributed by atoms with Gasteiger partial charge in [0.15, 0.2) is 11.5 Å². The smallest absolute Gasteiger partial charge is 0.323 e. The lowest BCUT2D eigenvalue weighted by Gasteiger charge is -2.12. The van der Waals surface area contributed by atoms with Crippen LogP contribution >= 0.6 is 0 Å². The van der Waals surface area contributed by atoms with Crippen molar-refractivity contribution in [2.24, 2.45) is 0 Å². The van der Waals surface area contributed by atoms with Gasteiger partial charge in [-0.3, -0.25) is 0 Å². The molecule has 4 aromatic carbocycles. The number of amides is 2. The quantitative estimate of drug-likeness (QED) is 0.150. The van der Waals surface area contributed by atoms with Crippen molar-refractivity contribution in [2.75, 3.05) is 36.7 Å². The maximum atomic E-state index is 12.6. The van der Waals surface area contributed by atoms with E-state index >= 15 is 0 Å². The van der Waals surface area contributed by atoms with E-state index in [1.54, 1.807) is 32.4 Å². The summed E-state index contributed by atoms with van der Waals surface area (Å²) in [7, 11) is 3.11. The molecule has 2 amide bonds. The Morgan fingerprint density at radius 1 is 0.750 bits per heavy atom. The Labute approximate surface area is 254 Å². The lowest BCUT2D eigenvalue weighted by molar-refractivity contribution is 0.262. The summed E-state index contributed by atoms with van der Waals surface area (Å²) >= 11 is 0. The number of rotatable bonds is 10. The van der Waals surface area contributed by atoms with E-state index in [1.165, 1.54) is 6.33 Å². The highest BCUT2D eigenvalue weighted by Gasteiger charge is 2.21. The predicted molar refractivity (Wildman–Crippen MR) is 173 cm³/mol. The monoisotopic (exact) mass is 585 g/mol. The van der Waals surface area contributed by atoms with Crippen molar-refractivity contribution in [3.63, 3.8) is 0 Å². The van der Waals surface area contributed by atoms with Crippen LogP contribution in [-0.2, 0) is 6.42 Å². The zero-order valence-corrected chi connectivity index (χ0v) is 24.3. The average molecular weight is 586 g/mol. The highest BCUT2D eigenvalue weighted by atomic mass is 16.5. The summed E-state index contributed by atoms with van der Waals surface area (Å²) in [4.78, 5) is 21.6. The molecule has 9 heteroatoms. The molecule has 9 nitrogen and oxygen atoms in total. The van der Waals surface area contributed by atoms with Crippen LogP contribution in [0.15, 0.2) is 114 Å². The fourth-order valence-corrected chi connectivity index (χ4v) is 5.03. The number of nitrogens with one attached hydrogen (secondary N) is 3. The van der Waals surface area contributed by atoms with Crippen molar-refractivity contribution in [1.82, 2.24) is 9.97 Å². The van der Waals surface area contributed by atoms with Crippen molar-refractivity contribution < 1.29 is 18.7 Å². The number of benzene rings is 4. The summed E-state index contributed by atoms with van der Waals surface area (Å²) in [6.07, 6.45) is 2.26. The van der Waals surface area contributed by atoms with E-state index in [2.05, 4.69) is 38.1 Å². The standard InChI is InChI=1S/C35H31N5O4/c1-42-28-18-17-27(21-29(28)43-2)40-35(41)39-26-15-13-23(14-16-26)19-20-36-33-31-30(24-9-5-3-6-10-24)32(25-11-7-4-8-12-25)44-34(31)38-22-37-33/h3-18,21-22H,19-20H2,1-2H3,(H,36,37,38)(H2,39,40,41). The topological polar surface area (TPSA) is 111 Å². The number of carbonyl (C=O) groups excluding carboxylic acids is 1. The van der Waals surface area contributed by atoms with Gasteiger partial charge in [0.2, 0.25) is 5.71 Å². The number of ether oxygens (including phenoxy) is 2. The van der Waals surface area contributed by atoms with Crippen molar-refractivity contribution in [3.05, 3.63) is 115 Å². The molecule has 2 aromatic heterocycles. The lowest BCUT2D eigenvalue weighted by Crippen LogP contribution is -2.19. The van der Waals surface area contributed by atoms with Crippen molar-refractivity contribution in [2.45, 2.75) is 6.42 Å². The van der Waals surface area contributed by atoms with Gasteiger partial charge in [-0.15, -0.1) is 0 Å². The Morgan fingerprint density at radius 2 is 1.41 bits per heavy atom. The van der Waals surface area contributed by atoms with Crippen LogP contribution in [-0.4, -0.2) is 36.8 Å². The van der Waals surface area contributed by atoms with Crippen LogP contribution in [0.25, 0.3) is 33.6 Å². The molecule has 0 fully saturated rings. The summed E-state index contributed by atoms with van der Waals surface area (Å²) in [6.45, 7) is 0.638. The maximum Gasteiger partial charge on any atom is 0.323 e. The Kier molecular flexibility index (Phi) is 8.36. The van der Waals surface area contributed by atoms with Gasteiger partial charge in [0.25, 0.3) is 0 Å². The Balaban J connectivity index is 1.13. The number of carbonyl (C=O) groups is 1. The molecular weight excluding hydrogens is 554 g/mol. The second-order valence-electron chi connectivity index (χ2n) is 9.96. The largest absolute Gasteiger partial charge is 0.493 e. The highest BCUT2D eigenvalue weighted by Crippen LogP contribution is 2.42. The number of hydrogen-bond acceptors (Lipinski definition) is 7. The first-order valence-electron chi connectivity index (χ1n) is 14.1. The van der Waals surface area contributed by atoms with Crippen LogP contribution in [0.3, 0.4) is 0 Å². The van der Waals surface area contributed by atoms with Crippen LogP contribution in [0.1, 0.15) is 5.56 Å². The number of hydrogen-bond donors (Lipinski definition) is 3. The third-order valence-corrected chi connectivity index (χ3v) is 7.15. The van der Waals surface area contributed by atoms with Crippen LogP contribution in [0, 0.1) is 0 Å². The maximum absolute atomic E-state index is 12.6. The lowest BCUT2D eigenvalue weighted by atomic mass is 9.99. The van der Waals surface area contributed by atoms with Gasteiger partial charge in [0.1, 0.15) is 17.9 Å². The normalized spacial score (nSPS) is 10.8. The fourth-order valence-electron chi connectivity index (χ4n) is 5.03. The molecular formula is C35H31N5O4. The summed E-state index contributed by atoms with van der Waals surface area (Å²) < 4.78 is 16.9. The van der Waals surface area contributed by atoms with Gasteiger partial charge in [-0.2, -0.15) is 0 Å². The molecule has 6 aromatic rings. The minimum atomic E-state index is -0.358. The Bertz CT molecular complexity index is 1870.